The first-order valence-corrected chi connectivity index (χ1v) is 9.33. The van der Waals surface area contributed by atoms with Crippen LogP contribution in [0.3, 0.4) is 0 Å². The zero-order valence-electron chi connectivity index (χ0n) is 15.3. The van der Waals surface area contributed by atoms with Crippen molar-refractivity contribution in [2.45, 2.75) is 19.8 Å². The molecule has 0 aliphatic carbocycles. The van der Waals surface area contributed by atoms with Gasteiger partial charge >= 0.3 is 0 Å². The summed E-state index contributed by atoms with van der Waals surface area (Å²) in [5, 5.41) is 5.10. The van der Waals surface area contributed by atoms with Crippen LogP contribution in [0.15, 0.2) is 66.7 Å². The van der Waals surface area contributed by atoms with Crippen LogP contribution in [-0.2, 0) is 16.0 Å². The predicted molar refractivity (Wildman–Crippen MR) is 109 cm³/mol. The zero-order chi connectivity index (χ0) is 18.8. The molecular weight excluding hydrogens is 336 g/mol. The van der Waals surface area contributed by atoms with Crippen molar-refractivity contribution in [3.63, 3.8) is 0 Å². The van der Waals surface area contributed by atoms with Crippen LogP contribution in [0.25, 0.3) is 10.8 Å². The van der Waals surface area contributed by atoms with Crippen molar-refractivity contribution in [3.8, 4) is 0 Å². The fourth-order valence-electron chi connectivity index (χ4n) is 3.61. The quantitative estimate of drug-likeness (QED) is 0.752. The number of amides is 2. The van der Waals surface area contributed by atoms with E-state index in [-0.39, 0.29) is 24.2 Å². The lowest BCUT2D eigenvalue weighted by molar-refractivity contribution is -0.122. The average Bonchev–Trinajstić information content (AvgIpc) is 3.10. The molecule has 1 unspecified atom stereocenters. The number of nitrogens with one attached hydrogen (secondary N) is 1. The molecule has 0 radical (unpaired) electrons. The topological polar surface area (TPSA) is 49.4 Å². The van der Waals surface area contributed by atoms with Gasteiger partial charge in [0.2, 0.25) is 11.8 Å². The Kier molecular flexibility index (Phi) is 4.63. The third kappa shape index (κ3) is 3.43. The molecule has 1 aliphatic heterocycles. The molecule has 4 rings (SSSR count). The van der Waals surface area contributed by atoms with Crippen molar-refractivity contribution < 1.29 is 9.59 Å². The number of benzene rings is 3. The minimum atomic E-state index is -0.345. The molecule has 1 fully saturated rings. The van der Waals surface area contributed by atoms with Crippen LogP contribution in [0.2, 0.25) is 0 Å². The summed E-state index contributed by atoms with van der Waals surface area (Å²) in [4.78, 5) is 27.0. The molecule has 3 aromatic carbocycles. The molecule has 2 amide bonds. The van der Waals surface area contributed by atoms with Crippen LogP contribution in [0, 0.1) is 5.92 Å². The number of fused-ring (bicyclic) bond motifs is 1. The van der Waals surface area contributed by atoms with Gasteiger partial charge in [0, 0.05) is 29.7 Å². The number of carbonyl (C=O) groups excluding carboxylic acids is 2. The van der Waals surface area contributed by atoms with E-state index in [1.54, 1.807) is 4.90 Å². The second-order valence-corrected chi connectivity index (χ2v) is 6.94. The highest BCUT2D eigenvalue weighted by atomic mass is 16.2. The summed E-state index contributed by atoms with van der Waals surface area (Å²) in [5.41, 5.74) is 2.88. The zero-order valence-corrected chi connectivity index (χ0v) is 15.3. The molecule has 0 spiro atoms. The SMILES string of the molecule is CCc1ccc(N2CC(C(=O)Nc3cccc4ccccc34)CC2=O)cc1. The fraction of sp³-hybridized carbons (Fsp3) is 0.217. The summed E-state index contributed by atoms with van der Waals surface area (Å²) in [6.45, 7) is 2.52. The largest absolute Gasteiger partial charge is 0.325 e. The van der Waals surface area contributed by atoms with Gasteiger partial charge in [0.05, 0.1) is 5.92 Å². The van der Waals surface area contributed by atoms with Crippen LogP contribution in [0.4, 0.5) is 11.4 Å². The lowest BCUT2D eigenvalue weighted by Gasteiger charge is -2.17. The summed E-state index contributed by atoms with van der Waals surface area (Å²) in [6, 6.07) is 21.8. The molecule has 1 N–H and O–H groups in total. The normalized spacial score (nSPS) is 16.7. The van der Waals surface area contributed by atoms with Crippen molar-refractivity contribution in [1.29, 1.82) is 0 Å². The summed E-state index contributed by atoms with van der Waals surface area (Å²) in [6.07, 6.45) is 1.20. The van der Waals surface area contributed by atoms with Gasteiger partial charge in [-0.15, -0.1) is 0 Å². The molecule has 1 atom stereocenters. The van der Waals surface area contributed by atoms with E-state index in [1.165, 1.54) is 5.56 Å². The van der Waals surface area contributed by atoms with Crippen molar-refractivity contribution in [1.82, 2.24) is 0 Å². The lowest BCUT2D eigenvalue weighted by Crippen LogP contribution is -2.28. The molecule has 3 aromatic rings. The Hall–Kier alpha value is -3.14. The lowest BCUT2D eigenvalue weighted by atomic mass is 10.1. The number of anilines is 2. The Balaban J connectivity index is 1.50. The molecule has 4 heteroatoms. The van der Waals surface area contributed by atoms with E-state index in [2.05, 4.69) is 12.2 Å². The smallest absolute Gasteiger partial charge is 0.229 e. The average molecular weight is 358 g/mol. The van der Waals surface area contributed by atoms with Gasteiger partial charge in [-0.1, -0.05) is 55.5 Å². The van der Waals surface area contributed by atoms with Gasteiger partial charge in [0.25, 0.3) is 0 Å². The van der Waals surface area contributed by atoms with Crippen molar-refractivity contribution in [2.75, 3.05) is 16.8 Å². The van der Waals surface area contributed by atoms with Gasteiger partial charge in [-0.2, -0.15) is 0 Å². The highest BCUT2D eigenvalue weighted by Crippen LogP contribution is 2.28. The third-order valence-corrected chi connectivity index (χ3v) is 5.20. The fourth-order valence-corrected chi connectivity index (χ4v) is 3.61. The number of carbonyl (C=O) groups is 2. The first-order chi connectivity index (χ1) is 13.2. The first-order valence-electron chi connectivity index (χ1n) is 9.33. The maximum Gasteiger partial charge on any atom is 0.229 e. The Labute approximate surface area is 158 Å². The Bertz CT molecular complexity index is 989. The Morgan fingerprint density at radius 3 is 2.56 bits per heavy atom. The minimum Gasteiger partial charge on any atom is -0.325 e. The summed E-state index contributed by atoms with van der Waals surface area (Å²) in [5.74, 6) is -0.452. The molecule has 1 aliphatic rings. The van der Waals surface area contributed by atoms with Gasteiger partial charge in [-0.05, 0) is 35.6 Å². The molecule has 0 saturated carbocycles. The van der Waals surface area contributed by atoms with Crippen molar-refractivity contribution >= 4 is 34.0 Å². The third-order valence-electron chi connectivity index (χ3n) is 5.20. The van der Waals surface area contributed by atoms with Gasteiger partial charge < -0.3 is 10.2 Å². The predicted octanol–water partition coefficient (Wildman–Crippen LogP) is 4.39. The van der Waals surface area contributed by atoms with Crippen molar-refractivity contribution in [2.24, 2.45) is 5.92 Å². The van der Waals surface area contributed by atoms with Crippen LogP contribution in [0.5, 0.6) is 0 Å². The molecule has 1 saturated heterocycles. The van der Waals surface area contributed by atoms with E-state index in [9.17, 15) is 9.59 Å². The van der Waals surface area contributed by atoms with Crippen LogP contribution >= 0.6 is 0 Å². The van der Waals surface area contributed by atoms with E-state index in [0.717, 1.165) is 28.6 Å². The van der Waals surface area contributed by atoms with E-state index >= 15 is 0 Å². The second kappa shape index (κ2) is 7.23. The number of rotatable bonds is 4. The summed E-state index contributed by atoms with van der Waals surface area (Å²) < 4.78 is 0. The summed E-state index contributed by atoms with van der Waals surface area (Å²) in [7, 11) is 0. The number of aryl methyl sites for hydroxylation is 1. The minimum absolute atomic E-state index is 0.00248. The van der Waals surface area contributed by atoms with Crippen LogP contribution in [0.1, 0.15) is 18.9 Å². The second-order valence-electron chi connectivity index (χ2n) is 6.94. The monoisotopic (exact) mass is 358 g/mol. The molecular formula is C23H22N2O2. The Morgan fingerprint density at radius 1 is 1.04 bits per heavy atom. The number of hydrogen-bond acceptors (Lipinski definition) is 2. The van der Waals surface area contributed by atoms with Crippen molar-refractivity contribution in [3.05, 3.63) is 72.3 Å². The number of hydrogen-bond donors (Lipinski definition) is 1. The van der Waals surface area contributed by atoms with E-state index in [1.807, 2.05) is 66.7 Å². The van der Waals surface area contributed by atoms with Crippen LogP contribution < -0.4 is 10.2 Å². The highest BCUT2D eigenvalue weighted by Gasteiger charge is 2.35. The molecule has 0 aromatic heterocycles. The van der Waals surface area contributed by atoms with Gasteiger partial charge in [-0.25, -0.2) is 0 Å². The standard InChI is InChI=1S/C23H22N2O2/c1-2-16-10-12-19(13-11-16)25-15-18(14-22(25)26)23(27)24-21-9-5-7-17-6-3-4-8-20(17)21/h3-13,18H,2,14-15H2,1H3,(H,24,27). The number of nitrogens with zero attached hydrogens (tertiary/aromatic N) is 1. The molecule has 136 valence electrons. The molecule has 27 heavy (non-hydrogen) atoms. The molecule has 1 heterocycles. The maximum atomic E-state index is 12.8. The van der Waals surface area contributed by atoms with Crippen LogP contribution in [-0.4, -0.2) is 18.4 Å². The Morgan fingerprint density at radius 2 is 1.78 bits per heavy atom. The maximum absolute atomic E-state index is 12.8. The highest BCUT2D eigenvalue weighted by molar-refractivity contribution is 6.07. The van der Waals surface area contributed by atoms with Gasteiger partial charge in [0.15, 0.2) is 0 Å². The van der Waals surface area contributed by atoms with Gasteiger partial charge in [-0.3, -0.25) is 9.59 Å². The van der Waals surface area contributed by atoms with E-state index in [4.69, 9.17) is 0 Å². The van der Waals surface area contributed by atoms with E-state index < -0.39 is 0 Å². The van der Waals surface area contributed by atoms with E-state index in [0.29, 0.717) is 6.54 Å². The summed E-state index contributed by atoms with van der Waals surface area (Å²) >= 11 is 0. The molecule has 0 bridgehead atoms. The van der Waals surface area contributed by atoms with Gasteiger partial charge in [0.1, 0.15) is 0 Å². The first kappa shape index (κ1) is 17.3. The molecule has 4 nitrogen and oxygen atoms in total.